The maximum absolute atomic E-state index is 11.8. The number of nitrogens with zero attached hydrogens (tertiary/aromatic N) is 3. The molecule has 1 spiro atoms. The number of para-hydroxylation sites is 1. The fourth-order valence-electron chi connectivity index (χ4n) is 4.33. The molecule has 2 aliphatic heterocycles. The molecule has 0 aliphatic carbocycles. The fourth-order valence-corrected chi connectivity index (χ4v) is 4.33. The van der Waals surface area contributed by atoms with Crippen molar-refractivity contribution in [3.8, 4) is 5.69 Å². The van der Waals surface area contributed by atoms with E-state index in [0.717, 1.165) is 50.3 Å². The smallest absolute Gasteiger partial charge is 0.320 e. The Morgan fingerprint density at radius 1 is 1.24 bits per heavy atom. The van der Waals surface area contributed by atoms with Crippen LogP contribution in [0.5, 0.6) is 0 Å². The van der Waals surface area contributed by atoms with Crippen LogP contribution in [0.25, 0.3) is 5.69 Å². The molecule has 0 saturated carbocycles. The molecule has 6 heteroatoms. The average molecular weight is 340 g/mol. The number of aromatic nitrogens is 2. The predicted molar refractivity (Wildman–Crippen MR) is 94.6 cm³/mol. The van der Waals surface area contributed by atoms with Gasteiger partial charge >= 0.3 is 5.97 Å². The topological polar surface area (TPSA) is 70.4 Å². The Bertz CT molecular complexity index is 737. The SMILES string of the molecule is O=C(O)C1CC2(CCNCC2)CN1Cc1ccnn1-c1ccccc1. The lowest BCUT2D eigenvalue weighted by Gasteiger charge is -2.33. The molecular weight excluding hydrogens is 316 g/mol. The summed E-state index contributed by atoms with van der Waals surface area (Å²) in [7, 11) is 0. The van der Waals surface area contributed by atoms with Crippen molar-refractivity contribution in [2.45, 2.75) is 31.8 Å². The van der Waals surface area contributed by atoms with Crippen molar-refractivity contribution in [3.05, 3.63) is 48.3 Å². The first-order valence-corrected chi connectivity index (χ1v) is 8.93. The molecule has 0 amide bonds. The summed E-state index contributed by atoms with van der Waals surface area (Å²) in [5, 5.41) is 17.6. The summed E-state index contributed by atoms with van der Waals surface area (Å²) >= 11 is 0. The van der Waals surface area contributed by atoms with Gasteiger partial charge in [-0.1, -0.05) is 18.2 Å². The zero-order valence-electron chi connectivity index (χ0n) is 14.3. The third-order valence-electron chi connectivity index (χ3n) is 5.64. The van der Waals surface area contributed by atoms with Crippen LogP contribution >= 0.6 is 0 Å². The number of hydrogen-bond acceptors (Lipinski definition) is 4. The van der Waals surface area contributed by atoms with E-state index < -0.39 is 12.0 Å². The summed E-state index contributed by atoms with van der Waals surface area (Å²) in [6.07, 6.45) is 4.66. The summed E-state index contributed by atoms with van der Waals surface area (Å²) in [5.41, 5.74) is 2.18. The van der Waals surface area contributed by atoms with Gasteiger partial charge in [-0.15, -0.1) is 0 Å². The molecule has 0 bridgehead atoms. The lowest BCUT2D eigenvalue weighted by molar-refractivity contribution is -0.142. The van der Waals surface area contributed by atoms with E-state index in [1.54, 1.807) is 6.20 Å². The van der Waals surface area contributed by atoms with E-state index in [2.05, 4.69) is 15.3 Å². The lowest BCUT2D eigenvalue weighted by atomic mass is 9.77. The van der Waals surface area contributed by atoms with Gasteiger partial charge in [-0.3, -0.25) is 9.69 Å². The van der Waals surface area contributed by atoms with Gasteiger partial charge < -0.3 is 10.4 Å². The maximum Gasteiger partial charge on any atom is 0.320 e. The van der Waals surface area contributed by atoms with Gasteiger partial charge in [-0.05, 0) is 56.0 Å². The molecule has 25 heavy (non-hydrogen) atoms. The average Bonchev–Trinajstić information content (AvgIpc) is 3.22. The van der Waals surface area contributed by atoms with Crippen LogP contribution in [0, 0.1) is 5.41 Å². The second kappa shape index (κ2) is 6.61. The number of carboxylic acid groups (broad SMARTS) is 1. The minimum Gasteiger partial charge on any atom is -0.480 e. The first-order chi connectivity index (χ1) is 12.2. The molecule has 1 unspecified atom stereocenters. The number of hydrogen-bond donors (Lipinski definition) is 2. The zero-order valence-corrected chi connectivity index (χ0v) is 14.3. The summed E-state index contributed by atoms with van der Waals surface area (Å²) in [4.78, 5) is 14.0. The van der Waals surface area contributed by atoms with Crippen LogP contribution in [0.3, 0.4) is 0 Å². The van der Waals surface area contributed by atoms with Crippen molar-refractivity contribution in [2.75, 3.05) is 19.6 Å². The summed E-state index contributed by atoms with van der Waals surface area (Å²) in [6, 6.07) is 11.6. The first kappa shape index (κ1) is 16.3. The molecule has 2 saturated heterocycles. The van der Waals surface area contributed by atoms with Crippen LogP contribution in [0.15, 0.2) is 42.6 Å². The standard InChI is InChI=1S/C19H24N4O2/c24-18(25)17-12-19(7-10-20-11-8-19)14-22(17)13-16-6-9-21-23(16)15-4-2-1-3-5-15/h1-6,9,17,20H,7-8,10-14H2,(H,24,25). The molecule has 2 aromatic rings. The van der Waals surface area contributed by atoms with E-state index in [1.807, 2.05) is 41.1 Å². The molecule has 3 heterocycles. The minimum atomic E-state index is -0.707. The third-order valence-corrected chi connectivity index (χ3v) is 5.64. The highest BCUT2D eigenvalue weighted by Gasteiger charge is 2.47. The van der Waals surface area contributed by atoms with Crippen molar-refractivity contribution < 1.29 is 9.90 Å². The predicted octanol–water partition coefficient (Wildman–Crippen LogP) is 1.90. The number of piperidine rings is 1. The molecule has 2 N–H and O–H groups in total. The van der Waals surface area contributed by atoms with E-state index in [4.69, 9.17) is 0 Å². The Morgan fingerprint density at radius 2 is 2.00 bits per heavy atom. The molecule has 1 aromatic carbocycles. The molecule has 2 aliphatic rings. The monoisotopic (exact) mass is 340 g/mol. The Kier molecular flexibility index (Phi) is 4.31. The molecule has 0 radical (unpaired) electrons. The Morgan fingerprint density at radius 3 is 2.72 bits per heavy atom. The van der Waals surface area contributed by atoms with Gasteiger partial charge in [0.25, 0.3) is 0 Å². The quantitative estimate of drug-likeness (QED) is 0.890. The maximum atomic E-state index is 11.8. The van der Waals surface area contributed by atoms with Gasteiger partial charge in [0.1, 0.15) is 6.04 Å². The van der Waals surface area contributed by atoms with Crippen LogP contribution in [-0.4, -0.2) is 51.4 Å². The number of carboxylic acids is 1. The number of rotatable bonds is 4. The number of aliphatic carboxylic acids is 1. The second-order valence-corrected chi connectivity index (χ2v) is 7.28. The molecule has 1 aromatic heterocycles. The molecule has 2 fully saturated rings. The van der Waals surface area contributed by atoms with Gasteiger partial charge in [-0.2, -0.15) is 5.10 Å². The van der Waals surface area contributed by atoms with Crippen molar-refractivity contribution in [2.24, 2.45) is 5.41 Å². The number of nitrogens with one attached hydrogen (secondary N) is 1. The summed E-state index contributed by atoms with van der Waals surface area (Å²) < 4.78 is 1.91. The summed E-state index contributed by atoms with van der Waals surface area (Å²) in [6.45, 7) is 3.44. The van der Waals surface area contributed by atoms with Gasteiger partial charge in [0.2, 0.25) is 0 Å². The highest BCUT2D eigenvalue weighted by Crippen LogP contribution is 2.42. The lowest BCUT2D eigenvalue weighted by Crippen LogP contribution is -2.39. The zero-order chi connectivity index (χ0) is 17.3. The number of carbonyl (C=O) groups is 1. The number of benzene rings is 1. The van der Waals surface area contributed by atoms with E-state index in [1.165, 1.54) is 0 Å². The van der Waals surface area contributed by atoms with Crippen molar-refractivity contribution in [3.63, 3.8) is 0 Å². The van der Waals surface area contributed by atoms with Gasteiger partial charge in [0.15, 0.2) is 0 Å². The van der Waals surface area contributed by atoms with Gasteiger partial charge in [0, 0.05) is 19.3 Å². The van der Waals surface area contributed by atoms with E-state index in [0.29, 0.717) is 6.54 Å². The first-order valence-electron chi connectivity index (χ1n) is 8.93. The Labute approximate surface area is 147 Å². The molecule has 132 valence electrons. The molecule has 4 rings (SSSR count). The highest BCUT2D eigenvalue weighted by atomic mass is 16.4. The Balaban J connectivity index is 1.57. The van der Waals surface area contributed by atoms with Crippen LogP contribution in [0.4, 0.5) is 0 Å². The van der Waals surface area contributed by atoms with Crippen molar-refractivity contribution >= 4 is 5.97 Å². The number of likely N-dealkylation sites (tertiary alicyclic amines) is 1. The highest BCUT2D eigenvalue weighted by molar-refractivity contribution is 5.74. The van der Waals surface area contributed by atoms with Crippen molar-refractivity contribution in [1.82, 2.24) is 20.0 Å². The fraction of sp³-hybridized carbons (Fsp3) is 0.474. The van der Waals surface area contributed by atoms with Crippen molar-refractivity contribution in [1.29, 1.82) is 0 Å². The Hall–Kier alpha value is -2.18. The largest absolute Gasteiger partial charge is 0.480 e. The molecular formula is C19H24N4O2. The van der Waals surface area contributed by atoms with E-state index in [9.17, 15) is 9.90 Å². The van der Waals surface area contributed by atoms with E-state index >= 15 is 0 Å². The second-order valence-electron chi connectivity index (χ2n) is 7.28. The minimum absolute atomic E-state index is 0.145. The van der Waals surface area contributed by atoms with E-state index in [-0.39, 0.29) is 5.41 Å². The normalized spacial score (nSPS) is 23.1. The molecule has 1 atom stereocenters. The van der Waals surface area contributed by atoms with Gasteiger partial charge in [0.05, 0.1) is 11.4 Å². The van der Waals surface area contributed by atoms with Crippen LogP contribution in [0.2, 0.25) is 0 Å². The molecule has 6 nitrogen and oxygen atoms in total. The van der Waals surface area contributed by atoms with Crippen LogP contribution < -0.4 is 5.32 Å². The van der Waals surface area contributed by atoms with Gasteiger partial charge in [-0.25, -0.2) is 4.68 Å². The summed E-state index contributed by atoms with van der Waals surface area (Å²) in [5.74, 6) is -0.707. The van der Waals surface area contributed by atoms with Crippen LogP contribution in [0.1, 0.15) is 25.0 Å². The van der Waals surface area contributed by atoms with Crippen LogP contribution in [-0.2, 0) is 11.3 Å². The third kappa shape index (κ3) is 3.19.